The summed E-state index contributed by atoms with van der Waals surface area (Å²) in [7, 11) is 4.10. The van der Waals surface area contributed by atoms with Crippen molar-refractivity contribution in [1.29, 1.82) is 0 Å². The van der Waals surface area contributed by atoms with Gasteiger partial charge in [0.15, 0.2) is 5.79 Å². The number of aryl methyl sites for hydroxylation is 1. The van der Waals surface area contributed by atoms with Gasteiger partial charge in [-0.05, 0) is 24.6 Å². The van der Waals surface area contributed by atoms with Crippen molar-refractivity contribution < 1.29 is 27.8 Å². The normalized spacial score (nSPS) is 19.0. The third kappa shape index (κ3) is 2.32. The lowest BCUT2D eigenvalue weighted by atomic mass is 9.60. The maximum atomic E-state index is 14.2. The van der Waals surface area contributed by atoms with Gasteiger partial charge in [-0.2, -0.15) is 0 Å². The minimum atomic E-state index is -1.29. The number of rotatable bonds is 4. The summed E-state index contributed by atoms with van der Waals surface area (Å²) in [6, 6.07) is 2.13. The third-order valence-electron chi connectivity index (χ3n) is 4.23. The molecule has 0 radical (unpaired) electrons. The fraction of sp³-hybridized carbons (Fsp3) is 0.533. The highest BCUT2D eigenvalue weighted by atomic mass is 19.1. The van der Waals surface area contributed by atoms with Crippen LogP contribution in [0.4, 0.5) is 8.78 Å². The Morgan fingerprint density at radius 1 is 1.10 bits per heavy atom. The fourth-order valence-corrected chi connectivity index (χ4v) is 2.89. The summed E-state index contributed by atoms with van der Waals surface area (Å²) in [4.78, 5) is 12.2. The minimum absolute atomic E-state index is 0.0258. The lowest BCUT2D eigenvalue weighted by molar-refractivity contribution is -0.278. The summed E-state index contributed by atoms with van der Waals surface area (Å²) in [5.41, 5.74) is -1.14. The highest BCUT2D eigenvalue weighted by Crippen LogP contribution is 2.53. The molecule has 116 valence electrons. The van der Waals surface area contributed by atoms with Gasteiger partial charge in [0, 0.05) is 32.6 Å². The largest absolute Gasteiger partial charge is 0.468 e. The Morgan fingerprint density at radius 3 is 2.14 bits per heavy atom. The van der Waals surface area contributed by atoms with Gasteiger partial charge in [0.1, 0.15) is 17.0 Å². The predicted octanol–water partition coefficient (Wildman–Crippen LogP) is 2.47. The van der Waals surface area contributed by atoms with E-state index in [1.54, 1.807) is 0 Å². The van der Waals surface area contributed by atoms with Crippen LogP contribution in [0.2, 0.25) is 0 Å². The predicted molar refractivity (Wildman–Crippen MR) is 70.8 cm³/mol. The molecule has 1 aliphatic carbocycles. The minimum Gasteiger partial charge on any atom is -0.468 e. The van der Waals surface area contributed by atoms with E-state index in [4.69, 9.17) is 14.2 Å². The molecule has 1 aliphatic rings. The standard InChI is InChI=1S/C15H18F2O4/c1-9-5-12(17)10(6-11(9)16)14(13(18)19-2)7-15(8-14,20-3)21-4/h5-6H,7-8H2,1-4H3. The number of hydrogen-bond donors (Lipinski definition) is 0. The van der Waals surface area contributed by atoms with Gasteiger partial charge in [0.25, 0.3) is 0 Å². The molecular weight excluding hydrogens is 282 g/mol. The van der Waals surface area contributed by atoms with Crippen LogP contribution >= 0.6 is 0 Å². The summed E-state index contributed by atoms with van der Waals surface area (Å²) < 4.78 is 43.3. The van der Waals surface area contributed by atoms with Gasteiger partial charge in [-0.3, -0.25) is 4.79 Å². The van der Waals surface area contributed by atoms with Crippen LogP contribution in [0.5, 0.6) is 0 Å². The van der Waals surface area contributed by atoms with Gasteiger partial charge in [0.2, 0.25) is 0 Å². The van der Waals surface area contributed by atoms with Crippen molar-refractivity contribution in [3.05, 3.63) is 34.9 Å². The van der Waals surface area contributed by atoms with E-state index in [0.717, 1.165) is 12.1 Å². The number of methoxy groups -OCH3 is 3. The second-order valence-corrected chi connectivity index (χ2v) is 5.33. The summed E-state index contributed by atoms with van der Waals surface area (Å²) in [6.07, 6.45) is 0.137. The van der Waals surface area contributed by atoms with Crippen molar-refractivity contribution in [1.82, 2.24) is 0 Å². The zero-order valence-electron chi connectivity index (χ0n) is 12.5. The number of esters is 1. The summed E-state index contributed by atoms with van der Waals surface area (Å²) in [6.45, 7) is 1.46. The molecule has 1 aromatic rings. The molecule has 0 unspecified atom stereocenters. The number of ether oxygens (including phenoxy) is 3. The quantitative estimate of drug-likeness (QED) is 0.633. The molecular formula is C15H18F2O4. The van der Waals surface area contributed by atoms with Crippen molar-refractivity contribution in [2.75, 3.05) is 21.3 Å². The van der Waals surface area contributed by atoms with Gasteiger partial charge in [-0.15, -0.1) is 0 Å². The molecule has 2 rings (SSSR count). The smallest absolute Gasteiger partial charge is 0.316 e. The molecule has 1 saturated carbocycles. The molecule has 0 bridgehead atoms. The monoisotopic (exact) mass is 300 g/mol. The van der Waals surface area contributed by atoms with E-state index in [9.17, 15) is 13.6 Å². The SMILES string of the molecule is COC(=O)C1(c2cc(F)c(C)cc2F)CC(OC)(OC)C1. The van der Waals surface area contributed by atoms with Crippen molar-refractivity contribution in [3.8, 4) is 0 Å². The average Bonchev–Trinajstić information content (AvgIpc) is 2.43. The van der Waals surface area contributed by atoms with Crippen molar-refractivity contribution in [2.45, 2.75) is 31.0 Å². The van der Waals surface area contributed by atoms with E-state index in [0.29, 0.717) is 0 Å². The maximum absolute atomic E-state index is 14.2. The molecule has 0 spiro atoms. The zero-order valence-corrected chi connectivity index (χ0v) is 12.5. The van der Waals surface area contributed by atoms with E-state index in [1.807, 2.05) is 0 Å². The molecule has 0 heterocycles. The Kier molecular flexibility index (Phi) is 4.04. The van der Waals surface area contributed by atoms with Crippen LogP contribution in [0.3, 0.4) is 0 Å². The molecule has 21 heavy (non-hydrogen) atoms. The summed E-state index contributed by atoms with van der Waals surface area (Å²) in [5.74, 6) is -2.82. The van der Waals surface area contributed by atoms with Crippen molar-refractivity contribution in [2.24, 2.45) is 0 Å². The first-order valence-electron chi connectivity index (χ1n) is 6.49. The topological polar surface area (TPSA) is 44.8 Å². The van der Waals surface area contributed by atoms with E-state index >= 15 is 0 Å². The van der Waals surface area contributed by atoms with Gasteiger partial charge < -0.3 is 14.2 Å². The second-order valence-electron chi connectivity index (χ2n) is 5.33. The number of halogens is 2. The Balaban J connectivity index is 2.50. The average molecular weight is 300 g/mol. The molecule has 4 nitrogen and oxygen atoms in total. The Labute approximate surface area is 122 Å². The first-order chi connectivity index (χ1) is 9.84. The van der Waals surface area contributed by atoms with E-state index < -0.39 is 28.8 Å². The van der Waals surface area contributed by atoms with E-state index in [1.165, 1.54) is 28.3 Å². The highest BCUT2D eigenvalue weighted by Gasteiger charge is 2.63. The maximum Gasteiger partial charge on any atom is 0.316 e. The highest BCUT2D eigenvalue weighted by molar-refractivity contribution is 5.85. The van der Waals surface area contributed by atoms with Crippen LogP contribution in [0, 0.1) is 18.6 Å². The molecule has 1 fully saturated rings. The molecule has 0 amide bonds. The molecule has 0 saturated heterocycles. The van der Waals surface area contributed by atoms with Gasteiger partial charge >= 0.3 is 5.97 Å². The van der Waals surface area contributed by atoms with Crippen LogP contribution < -0.4 is 0 Å². The molecule has 0 aliphatic heterocycles. The van der Waals surface area contributed by atoms with Crippen LogP contribution in [0.25, 0.3) is 0 Å². The molecule has 6 heteroatoms. The number of hydrogen-bond acceptors (Lipinski definition) is 4. The number of carbonyl (C=O) groups excluding carboxylic acids is 1. The second kappa shape index (κ2) is 5.35. The van der Waals surface area contributed by atoms with Gasteiger partial charge in [-0.25, -0.2) is 8.78 Å². The summed E-state index contributed by atoms with van der Waals surface area (Å²) >= 11 is 0. The summed E-state index contributed by atoms with van der Waals surface area (Å²) in [5, 5.41) is 0. The lowest BCUT2D eigenvalue weighted by Crippen LogP contribution is -2.61. The fourth-order valence-electron chi connectivity index (χ4n) is 2.89. The first kappa shape index (κ1) is 15.9. The Hall–Kier alpha value is -1.53. The van der Waals surface area contributed by atoms with Crippen LogP contribution in [0.1, 0.15) is 24.0 Å². The van der Waals surface area contributed by atoms with Crippen molar-refractivity contribution in [3.63, 3.8) is 0 Å². The van der Waals surface area contributed by atoms with E-state index in [2.05, 4.69) is 0 Å². The Morgan fingerprint density at radius 2 is 1.67 bits per heavy atom. The number of benzene rings is 1. The van der Waals surface area contributed by atoms with Crippen LogP contribution in [-0.4, -0.2) is 33.1 Å². The molecule has 0 aromatic heterocycles. The Bertz CT molecular complexity index is 559. The molecule has 1 aromatic carbocycles. The van der Waals surface area contributed by atoms with Crippen LogP contribution in [-0.2, 0) is 24.4 Å². The number of carbonyl (C=O) groups is 1. The van der Waals surface area contributed by atoms with Crippen molar-refractivity contribution >= 4 is 5.97 Å². The molecule has 0 atom stereocenters. The lowest BCUT2D eigenvalue weighted by Gasteiger charge is -2.52. The third-order valence-corrected chi connectivity index (χ3v) is 4.23. The van der Waals surface area contributed by atoms with Gasteiger partial charge in [0.05, 0.1) is 7.11 Å². The van der Waals surface area contributed by atoms with Gasteiger partial charge in [-0.1, -0.05) is 0 Å². The van der Waals surface area contributed by atoms with Crippen LogP contribution in [0.15, 0.2) is 12.1 Å². The van der Waals surface area contributed by atoms with E-state index in [-0.39, 0.29) is 24.0 Å². The zero-order chi connectivity index (χ0) is 15.8. The first-order valence-corrected chi connectivity index (χ1v) is 6.49. The molecule has 0 N–H and O–H groups in total.